The Morgan fingerprint density at radius 1 is 1.42 bits per heavy atom. The van der Waals surface area contributed by atoms with Crippen LogP contribution in [0, 0.1) is 5.92 Å². The monoisotopic (exact) mass is 326 g/mol. The molecule has 0 spiro atoms. The third kappa shape index (κ3) is 4.20. The lowest BCUT2D eigenvalue weighted by Gasteiger charge is -2.28. The van der Waals surface area contributed by atoms with Crippen molar-refractivity contribution in [3.8, 4) is 5.75 Å². The van der Waals surface area contributed by atoms with Crippen LogP contribution in [0.15, 0.2) is 28.7 Å². The molecule has 2 atom stereocenters. The highest BCUT2D eigenvalue weighted by atomic mass is 79.9. The fourth-order valence-electron chi connectivity index (χ4n) is 2.90. The molecule has 3 nitrogen and oxygen atoms in total. The Hall–Kier alpha value is -0.580. The van der Waals surface area contributed by atoms with Crippen LogP contribution >= 0.6 is 15.9 Å². The van der Waals surface area contributed by atoms with Crippen molar-refractivity contribution in [2.24, 2.45) is 11.7 Å². The van der Waals surface area contributed by atoms with Crippen LogP contribution in [-0.2, 0) is 0 Å². The van der Waals surface area contributed by atoms with E-state index in [1.54, 1.807) is 0 Å². The number of rotatable bonds is 6. The summed E-state index contributed by atoms with van der Waals surface area (Å²) in [6, 6.07) is 8.62. The molecule has 1 aliphatic carbocycles. The highest BCUT2D eigenvalue weighted by molar-refractivity contribution is 9.10. The number of ether oxygens (including phenoxy) is 1. The minimum atomic E-state index is 0.635. The first kappa shape index (κ1) is 14.8. The fraction of sp³-hybridized carbons (Fsp3) is 0.600. The summed E-state index contributed by atoms with van der Waals surface area (Å²) in [5.74, 6) is 1.58. The van der Waals surface area contributed by atoms with Gasteiger partial charge in [-0.25, -0.2) is 0 Å². The second-order valence-electron chi connectivity index (χ2n) is 5.28. The molecule has 1 aromatic carbocycles. The van der Waals surface area contributed by atoms with Crippen LogP contribution in [0.25, 0.3) is 0 Å². The molecule has 1 fully saturated rings. The van der Waals surface area contributed by atoms with Gasteiger partial charge in [-0.2, -0.15) is 0 Å². The average molecular weight is 327 g/mol. The van der Waals surface area contributed by atoms with Crippen molar-refractivity contribution in [3.63, 3.8) is 0 Å². The van der Waals surface area contributed by atoms with E-state index < -0.39 is 0 Å². The van der Waals surface area contributed by atoms with E-state index in [9.17, 15) is 0 Å². The van der Waals surface area contributed by atoms with Crippen LogP contribution in [0.4, 0.5) is 0 Å². The molecule has 106 valence electrons. The van der Waals surface area contributed by atoms with Gasteiger partial charge in [-0.1, -0.05) is 28.4 Å². The highest BCUT2D eigenvalue weighted by Gasteiger charge is 2.28. The predicted octanol–water partition coefficient (Wildman–Crippen LogP) is 2.89. The van der Waals surface area contributed by atoms with E-state index in [-0.39, 0.29) is 0 Å². The fourth-order valence-corrected chi connectivity index (χ4v) is 3.28. The number of nitrogens with zero attached hydrogens (tertiary/aromatic N) is 1. The molecule has 19 heavy (non-hydrogen) atoms. The molecular weight excluding hydrogens is 304 g/mol. The zero-order valence-corrected chi connectivity index (χ0v) is 13.1. The van der Waals surface area contributed by atoms with E-state index in [4.69, 9.17) is 10.5 Å². The Labute approximate surface area is 124 Å². The van der Waals surface area contributed by atoms with Gasteiger partial charge in [0.15, 0.2) is 0 Å². The Bertz CT molecular complexity index is 399. The zero-order valence-electron chi connectivity index (χ0n) is 11.5. The van der Waals surface area contributed by atoms with Crippen molar-refractivity contribution in [1.82, 2.24) is 4.90 Å². The molecule has 0 amide bonds. The molecule has 1 aromatic rings. The van der Waals surface area contributed by atoms with Gasteiger partial charge in [0.1, 0.15) is 12.4 Å². The number of halogens is 1. The first-order valence-electron chi connectivity index (χ1n) is 6.99. The number of likely N-dealkylation sites (N-methyl/N-ethyl adjacent to an activating group) is 1. The third-order valence-electron chi connectivity index (χ3n) is 4.00. The van der Waals surface area contributed by atoms with Crippen LogP contribution in [0.3, 0.4) is 0 Å². The molecule has 1 aliphatic rings. The number of hydrogen-bond acceptors (Lipinski definition) is 3. The summed E-state index contributed by atoms with van der Waals surface area (Å²) in [5.41, 5.74) is 5.84. The topological polar surface area (TPSA) is 38.5 Å². The summed E-state index contributed by atoms with van der Waals surface area (Å²) < 4.78 is 6.84. The zero-order chi connectivity index (χ0) is 13.7. The molecule has 0 aliphatic heterocycles. The molecule has 0 saturated heterocycles. The largest absolute Gasteiger partial charge is 0.492 e. The summed E-state index contributed by atoms with van der Waals surface area (Å²) in [6.45, 7) is 2.48. The quantitative estimate of drug-likeness (QED) is 0.873. The van der Waals surface area contributed by atoms with Crippen LogP contribution in [0.5, 0.6) is 5.75 Å². The van der Waals surface area contributed by atoms with Crippen LogP contribution in [0.1, 0.15) is 19.3 Å². The maximum Gasteiger partial charge on any atom is 0.120 e. The van der Waals surface area contributed by atoms with Gasteiger partial charge in [-0.05, 0) is 50.6 Å². The molecule has 0 aromatic heterocycles. The van der Waals surface area contributed by atoms with Gasteiger partial charge in [0.2, 0.25) is 0 Å². The van der Waals surface area contributed by atoms with Gasteiger partial charge in [0.25, 0.3) is 0 Å². The van der Waals surface area contributed by atoms with E-state index >= 15 is 0 Å². The van der Waals surface area contributed by atoms with E-state index in [0.717, 1.165) is 29.9 Å². The minimum Gasteiger partial charge on any atom is -0.492 e. The van der Waals surface area contributed by atoms with Gasteiger partial charge in [0.05, 0.1) is 0 Å². The Morgan fingerprint density at radius 2 is 2.26 bits per heavy atom. The summed E-state index contributed by atoms with van der Waals surface area (Å²) in [5, 5.41) is 0. The molecule has 1 saturated carbocycles. The lowest BCUT2D eigenvalue weighted by molar-refractivity contribution is 0.165. The summed E-state index contributed by atoms with van der Waals surface area (Å²) in [4.78, 5) is 2.41. The first-order chi connectivity index (χ1) is 9.20. The number of hydrogen-bond donors (Lipinski definition) is 1. The van der Waals surface area contributed by atoms with Gasteiger partial charge < -0.3 is 10.5 Å². The lowest BCUT2D eigenvalue weighted by Crippen LogP contribution is -2.39. The molecule has 2 N–H and O–H groups in total. The summed E-state index contributed by atoms with van der Waals surface area (Å²) in [7, 11) is 2.18. The van der Waals surface area contributed by atoms with Gasteiger partial charge in [0, 0.05) is 17.1 Å². The molecule has 0 bridgehead atoms. The summed E-state index contributed by atoms with van der Waals surface area (Å²) in [6.07, 6.45) is 3.86. The van der Waals surface area contributed by atoms with Gasteiger partial charge in [-0.15, -0.1) is 0 Å². The molecule has 0 heterocycles. The first-order valence-corrected chi connectivity index (χ1v) is 7.78. The van der Waals surface area contributed by atoms with Crippen molar-refractivity contribution < 1.29 is 4.74 Å². The van der Waals surface area contributed by atoms with Crippen molar-refractivity contribution >= 4 is 15.9 Å². The van der Waals surface area contributed by atoms with Crippen LogP contribution in [0.2, 0.25) is 0 Å². The van der Waals surface area contributed by atoms with E-state index in [0.29, 0.717) is 12.0 Å². The van der Waals surface area contributed by atoms with Crippen molar-refractivity contribution in [2.45, 2.75) is 25.3 Å². The number of nitrogens with two attached hydrogens (primary N) is 1. The van der Waals surface area contributed by atoms with Crippen LogP contribution in [-0.4, -0.2) is 37.7 Å². The van der Waals surface area contributed by atoms with E-state index in [1.165, 1.54) is 19.3 Å². The maximum atomic E-state index is 5.84. The second-order valence-corrected chi connectivity index (χ2v) is 6.20. The second kappa shape index (κ2) is 7.27. The molecule has 2 rings (SSSR count). The standard InChI is InChI=1S/C15H23BrN2O/c1-18(15-7-2-4-12(15)11-17)8-9-19-14-6-3-5-13(16)10-14/h3,5-6,10,12,15H,2,4,7-9,11,17H2,1H3. The molecule has 4 heteroatoms. The SMILES string of the molecule is CN(CCOc1cccc(Br)c1)C1CCCC1CN. The van der Waals surface area contributed by atoms with Crippen molar-refractivity contribution in [1.29, 1.82) is 0 Å². The number of benzene rings is 1. The smallest absolute Gasteiger partial charge is 0.120 e. The van der Waals surface area contributed by atoms with Crippen molar-refractivity contribution in [2.75, 3.05) is 26.7 Å². The lowest BCUT2D eigenvalue weighted by atomic mass is 10.0. The Balaban J connectivity index is 1.76. The molecule has 2 unspecified atom stereocenters. The third-order valence-corrected chi connectivity index (χ3v) is 4.49. The van der Waals surface area contributed by atoms with Gasteiger partial charge >= 0.3 is 0 Å². The minimum absolute atomic E-state index is 0.635. The van der Waals surface area contributed by atoms with E-state index in [1.807, 2.05) is 24.3 Å². The summed E-state index contributed by atoms with van der Waals surface area (Å²) >= 11 is 3.45. The Morgan fingerprint density at radius 3 is 3.00 bits per heavy atom. The van der Waals surface area contributed by atoms with Crippen molar-refractivity contribution in [3.05, 3.63) is 28.7 Å². The van der Waals surface area contributed by atoms with Gasteiger partial charge in [-0.3, -0.25) is 4.90 Å². The maximum absolute atomic E-state index is 5.84. The van der Waals surface area contributed by atoms with Crippen LogP contribution < -0.4 is 10.5 Å². The predicted molar refractivity (Wildman–Crippen MR) is 82.5 cm³/mol. The average Bonchev–Trinajstić information content (AvgIpc) is 2.87. The Kier molecular flexibility index (Phi) is 5.67. The molecule has 0 radical (unpaired) electrons. The van der Waals surface area contributed by atoms with E-state index in [2.05, 4.69) is 27.9 Å². The normalized spacial score (nSPS) is 22.9. The highest BCUT2D eigenvalue weighted by Crippen LogP contribution is 2.28. The molecular formula is C15H23BrN2O.